The van der Waals surface area contributed by atoms with Gasteiger partial charge >= 0.3 is 5.97 Å². The minimum Gasteiger partial charge on any atom is -0.493 e. The van der Waals surface area contributed by atoms with E-state index < -0.39 is 11.5 Å². The van der Waals surface area contributed by atoms with Gasteiger partial charge in [-0.1, -0.05) is 19.3 Å². The van der Waals surface area contributed by atoms with Gasteiger partial charge in [-0.2, -0.15) is 5.26 Å². The zero-order chi connectivity index (χ0) is 22.1. The molecule has 8 nitrogen and oxygen atoms in total. The Morgan fingerprint density at radius 2 is 1.67 bits per heavy atom. The predicted molar refractivity (Wildman–Crippen MR) is 110 cm³/mol. The average Bonchev–Trinajstić information content (AvgIpc) is 2.80. The fourth-order valence-corrected chi connectivity index (χ4v) is 3.73. The summed E-state index contributed by atoms with van der Waals surface area (Å²) in [6.45, 7) is -0.367. The van der Waals surface area contributed by atoms with Crippen LogP contribution in [-0.4, -0.2) is 57.3 Å². The lowest BCUT2D eigenvalue weighted by molar-refractivity contribution is -0.153. The maximum Gasteiger partial charge on any atom is 0.306 e. The van der Waals surface area contributed by atoms with Crippen LogP contribution in [0.15, 0.2) is 12.1 Å². The van der Waals surface area contributed by atoms with Crippen molar-refractivity contribution in [2.24, 2.45) is 0 Å². The summed E-state index contributed by atoms with van der Waals surface area (Å²) in [5.74, 6) is 0.645. The second-order valence-electron chi connectivity index (χ2n) is 7.35. The van der Waals surface area contributed by atoms with E-state index in [1.165, 1.54) is 26.2 Å². The number of aryl methyl sites for hydroxylation is 1. The van der Waals surface area contributed by atoms with Crippen molar-refractivity contribution < 1.29 is 28.5 Å². The van der Waals surface area contributed by atoms with E-state index in [-0.39, 0.29) is 18.9 Å². The van der Waals surface area contributed by atoms with Gasteiger partial charge < -0.3 is 23.8 Å². The van der Waals surface area contributed by atoms with Crippen molar-refractivity contribution in [3.8, 4) is 23.3 Å². The molecule has 0 aromatic heterocycles. The number of hydrogen-bond acceptors (Lipinski definition) is 7. The normalized spacial score (nSPS) is 14.9. The molecule has 30 heavy (non-hydrogen) atoms. The molecule has 1 amide bonds. The van der Waals surface area contributed by atoms with Crippen LogP contribution in [-0.2, 0) is 20.7 Å². The topological polar surface area (TPSA) is 98.1 Å². The number of amides is 1. The molecule has 1 saturated carbocycles. The lowest BCUT2D eigenvalue weighted by Crippen LogP contribution is -2.51. The van der Waals surface area contributed by atoms with E-state index in [1.54, 1.807) is 19.2 Å². The van der Waals surface area contributed by atoms with E-state index in [0.29, 0.717) is 36.5 Å². The molecular formula is C22H30N2O6. The summed E-state index contributed by atoms with van der Waals surface area (Å²) in [5, 5.41) is 9.59. The van der Waals surface area contributed by atoms with Crippen LogP contribution in [0, 0.1) is 11.3 Å². The van der Waals surface area contributed by atoms with Crippen molar-refractivity contribution >= 4 is 11.9 Å². The Kier molecular flexibility index (Phi) is 8.34. The third-order valence-electron chi connectivity index (χ3n) is 5.60. The number of likely N-dealkylation sites (N-methyl/N-ethyl adjacent to an activating group) is 1. The van der Waals surface area contributed by atoms with E-state index in [0.717, 1.165) is 24.8 Å². The standard InChI is InChI=1S/C22H30N2O6/c1-24(22(15-23)10-6-5-7-11-22)19(25)14-30-20(26)9-8-16-12-17(27-2)21(29-4)18(13-16)28-3/h12-13H,5-11,14H2,1-4H3. The first-order valence-corrected chi connectivity index (χ1v) is 10.0. The maximum atomic E-state index is 12.5. The van der Waals surface area contributed by atoms with Gasteiger partial charge in [-0.15, -0.1) is 0 Å². The minimum atomic E-state index is -0.794. The quantitative estimate of drug-likeness (QED) is 0.569. The highest BCUT2D eigenvalue weighted by atomic mass is 16.5. The molecule has 0 spiro atoms. The van der Waals surface area contributed by atoms with Crippen LogP contribution in [0.25, 0.3) is 0 Å². The highest BCUT2D eigenvalue weighted by molar-refractivity contribution is 5.81. The van der Waals surface area contributed by atoms with E-state index in [9.17, 15) is 14.9 Å². The summed E-state index contributed by atoms with van der Waals surface area (Å²) in [4.78, 5) is 26.1. The number of nitrogens with zero attached hydrogens (tertiary/aromatic N) is 2. The lowest BCUT2D eigenvalue weighted by atomic mass is 9.81. The summed E-state index contributed by atoms with van der Waals surface area (Å²) in [6, 6.07) is 5.84. The highest BCUT2D eigenvalue weighted by Gasteiger charge is 2.38. The Bertz CT molecular complexity index is 770. The molecule has 1 aliphatic carbocycles. The molecule has 0 saturated heterocycles. The highest BCUT2D eigenvalue weighted by Crippen LogP contribution is 2.38. The van der Waals surface area contributed by atoms with Crippen LogP contribution in [0.3, 0.4) is 0 Å². The fourth-order valence-electron chi connectivity index (χ4n) is 3.73. The summed E-state index contributed by atoms with van der Waals surface area (Å²) < 4.78 is 21.1. The van der Waals surface area contributed by atoms with Gasteiger partial charge in [0.1, 0.15) is 5.54 Å². The van der Waals surface area contributed by atoms with Crippen molar-refractivity contribution in [1.29, 1.82) is 5.26 Å². The molecule has 2 rings (SSSR count). The molecule has 0 unspecified atom stereocenters. The first kappa shape index (κ1) is 23.3. The van der Waals surface area contributed by atoms with Crippen LogP contribution < -0.4 is 14.2 Å². The van der Waals surface area contributed by atoms with Gasteiger partial charge in [0.2, 0.25) is 5.75 Å². The Morgan fingerprint density at radius 3 is 2.17 bits per heavy atom. The fraction of sp³-hybridized carbons (Fsp3) is 0.591. The second kappa shape index (κ2) is 10.7. The summed E-state index contributed by atoms with van der Waals surface area (Å²) in [5.41, 5.74) is 0.0216. The number of carbonyl (C=O) groups excluding carboxylic acids is 2. The van der Waals surface area contributed by atoms with E-state index >= 15 is 0 Å². The lowest BCUT2D eigenvalue weighted by Gasteiger charge is -2.38. The third kappa shape index (κ3) is 5.35. The van der Waals surface area contributed by atoms with Crippen molar-refractivity contribution in [3.05, 3.63) is 17.7 Å². The van der Waals surface area contributed by atoms with Crippen molar-refractivity contribution in [2.75, 3.05) is 35.0 Å². The van der Waals surface area contributed by atoms with Crippen molar-refractivity contribution in [1.82, 2.24) is 4.90 Å². The zero-order valence-corrected chi connectivity index (χ0v) is 18.2. The Morgan fingerprint density at radius 1 is 1.07 bits per heavy atom. The molecule has 0 radical (unpaired) electrons. The molecule has 0 heterocycles. The van der Waals surface area contributed by atoms with Gasteiger partial charge in [-0.3, -0.25) is 9.59 Å². The number of carbonyl (C=O) groups is 2. The zero-order valence-electron chi connectivity index (χ0n) is 18.2. The van der Waals surface area contributed by atoms with Crippen LogP contribution in [0.1, 0.15) is 44.1 Å². The molecule has 164 valence electrons. The first-order valence-electron chi connectivity index (χ1n) is 10.0. The van der Waals surface area contributed by atoms with Gasteiger partial charge in [-0.05, 0) is 37.0 Å². The Balaban J connectivity index is 1.91. The molecule has 0 bridgehead atoms. The summed E-state index contributed by atoms with van der Waals surface area (Å²) in [7, 11) is 6.19. The average molecular weight is 418 g/mol. The number of esters is 1. The largest absolute Gasteiger partial charge is 0.493 e. The number of rotatable bonds is 9. The van der Waals surface area contributed by atoms with Gasteiger partial charge in [0.15, 0.2) is 18.1 Å². The van der Waals surface area contributed by atoms with Gasteiger partial charge in [0, 0.05) is 13.5 Å². The van der Waals surface area contributed by atoms with E-state index in [4.69, 9.17) is 18.9 Å². The predicted octanol–water partition coefficient (Wildman–Crippen LogP) is 2.87. The molecule has 0 atom stereocenters. The molecule has 1 aliphatic rings. The van der Waals surface area contributed by atoms with Crippen LogP contribution in [0.5, 0.6) is 17.2 Å². The van der Waals surface area contributed by atoms with E-state index in [1.807, 2.05) is 0 Å². The van der Waals surface area contributed by atoms with Crippen LogP contribution in [0.2, 0.25) is 0 Å². The molecular weight excluding hydrogens is 388 g/mol. The van der Waals surface area contributed by atoms with Gasteiger partial charge in [0.25, 0.3) is 5.91 Å². The number of methoxy groups -OCH3 is 3. The molecule has 0 aliphatic heterocycles. The molecule has 1 fully saturated rings. The van der Waals surface area contributed by atoms with Crippen LogP contribution in [0.4, 0.5) is 0 Å². The number of ether oxygens (including phenoxy) is 4. The summed E-state index contributed by atoms with van der Waals surface area (Å²) >= 11 is 0. The van der Waals surface area contributed by atoms with Gasteiger partial charge in [-0.25, -0.2) is 0 Å². The second-order valence-corrected chi connectivity index (χ2v) is 7.35. The molecule has 0 N–H and O–H groups in total. The smallest absolute Gasteiger partial charge is 0.306 e. The van der Waals surface area contributed by atoms with Gasteiger partial charge in [0.05, 0.1) is 27.4 Å². The molecule has 8 heteroatoms. The van der Waals surface area contributed by atoms with Crippen molar-refractivity contribution in [3.63, 3.8) is 0 Å². The SMILES string of the molecule is COc1cc(CCC(=O)OCC(=O)N(C)C2(C#N)CCCCC2)cc(OC)c1OC. The van der Waals surface area contributed by atoms with Crippen molar-refractivity contribution in [2.45, 2.75) is 50.5 Å². The maximum absolute atomic E-state index is 12.5. The third-order valence-corrected chi connectivity index (χ3v) is 5.60. The Labute approximate surface area is 177 Å². The first-order chi connectivity index (χ1) is 14.4. The number of hydrogen-bond donors (Lipinski definition) is 0. The van der Waals surface area contributed by atoms with Crippen LogP contribution >= 0.6 is 0 Å². The number of nitriles is 1. The molecule has 1 aromatic carbocycles. The Hall–Kier alpha value is -2.95. The van der Waals surface area contributed by atoms with E-state index in [2.05, 4.69) is 6.07 Å². The summed E-state index contributed by atoms with van der Waals surface area (Å²) in [6.07, 6.45) is 4.70. The number of benzene rings is 1. The molecule has 1 aromatic rings. The monoisotopic (exact) mass is 418 g/mol. The minimum absolute atomic E-state index is 0.0963.